The van der Waals surface area contributed by atoms with E-state index in [4.69, 9.17) is 5.73 Å². The van der Waals surface area contributed by atoms with E-state index in [0.717, 1.165) is 14.7 Å². The predicted molar refractivity (Wildman–Crippen MR) is 465 cm³/mol. The molecule has 0 saturated carbocycles. The molecule has 11 rings (SSSR count). The summed E-state index contributed by atoms with van der Waals surface area (Å²) in [6.07, 6.45) is 4.78. The summed E-state index contributed by atoms with van der Waals surface area (Å²) in [4.78, 5) is 288. The van der Waals surface area contributed by atoms with Gasteiger partial charge < -0.3 is 133 Å². The summed E-state index contributed by atoms with van der Waals surface area (Å²) in [5.74, 6) is -15.0. The number of carboxylic acid groups (broad SMARTS) is 1. The predicted octanol–water partition coefficient (Wildman–Crippen LogP) is -7.39. The van der Waals surface area contributed by atoms with Crippen LogP contribution >= 0.6 is 0 Å². The van der Waals surface area contributed by atoms with Gasteiger partial charge in [0.15, 0.2) is 0 Å². The summed E-state index contributed by atoms with van der Waals surface area (Å²) < 4.78 is 0. The van der Waals surface area contributed by atoms with Crippen molar-refractivity contribution in [3.05, 3.63) is 18.2 Å². The van der Waals surface area contributed by atoms with Crippen LogP contribution < -0.4 is 48.3 Å². The minimum Gasteiger partial charge on any atom is -0.480 e. The van der Waals surface area contributed by atoms with Gasteiger partial charge in [-0.3, -0.25) is 86.3 Å². The highest BCUT2D eigenvalue weighted by atomic mass is 16.4. The molecule has 10 saturated heterocycles. The molecular weight excluding hydrogens is 1740 g/mol. The number of nitrogens with two attached hydrogens (primary N) is 1. The summed E-state index contributed by atoms with van der Waals surface area (Å²) in [6, 6.07) is -23.6. The average molecular weight is 1870 g/mol. The second-order valence-electron chi connectivity index (χ2n) is 37.4. The molecule has 46 nitrogen and oxygen atoms in total. The van der Waals surface area contributed by atoms with Crippen molar-refractivity contribution in [2.75, 3.05) is 91.8 Å². The van der Waals surface area contributed by atoms with Gasteiger partial charge in [0.05, 0.1) is 44.9 Å². The summed E-state index contributed by atoms with van der Waals surface area (Å²) in [7, 11) is 0. The maximum atomic E-state index is 14.9. The number of hydrogen-bond donors (Lipinski definition) is 16. The molecular formula is C87H133N21O25. The Balaban J connectivity index is 0.658. The summed E-state index contributed by atoms with van der Waals surface area (Å²) in [5.41, 5.74) is 6.05. The molecule has 20 atom stereocenters. The molecule has 0 radical (unpaired) electrons. The van der Waals surface area contributed by atoms with Crippen molar-refractivity contribution in [3.8, 4) is 0 Å². The van der Waals surface area contributed by atoms with Crippen LogP contribution in [0.5, 0.6) is 0 Å². The Morgan fingerprint density at radius 3 is 0.932 bits per heavy atom. The van der Waals surface area contributed by atoms with Crippen molar-refractivity contribution in [2.24, 2.45) is 17.6 Å². The molecule has 0 unspecified atom stereocenters. The van der Waals surface area contributed by atoms with E-state index in [1.807, 2.05) is 0 Å². The van der Waals surface area contributed by atoms with Crippen LogP contribution in [0.1, 0.15) is 188 Å². The van der Waals surface area contributed by atoms with Crippen LogP contribution in [0.4, 0.5) is 0 Å². The number of aliphatic carboxylic acids is 1. The molecule has 10 aliphatic heterocycles. The van der Waals surface area contributed by atoms with Crippen molar-refractivity contribution in [1.29, 1.82) is 0 Å². The number of hydrogen-bond acceptors (Lipinski definition) is 26. The number of aromatic amines is 1. The number of nitrogens with zero attached hydrogens (tertiary/aromatic N) is 11. The number of aliphatic hydroxyl groups excluding tert-OH is 5. The Labute approximate surface area is 770 Å². The van der Waals surface area contributed by atoms with Gasteiger partial charge in [-0.1, -0.05) is 27.7 Å². The highest BCUT2D eigenvalue weighted by Gasteiger charge is 2.53. The first-order chi connectivity index (χ1) is 63.4. The van der Waals surface area contributed by atoms with Crippen molar-refractivity contribution < 1.29 is 122 Å². The lowest BCUT2D eigenvalue weighted by molar-refractivity contribution is -0.153. The Kier molecular flexibility index (Phi) is 35.6. The van der Waals surface area contributed by atoms with E-state index in [9.17, 15) is 122 Å². The van der Waals surface area contributed by atoms with Crippen molar-refractivity contribution in [1.82, 2.24) is 102 Å². The molecule has 10 aliphatic rings. The van der Waals surface area contributed by atoms with Crippen LogP contribution in [-0.4, -0.2) is 415 Å². The van der Waals surface area contributed by atoms with E-state index >= 15 is 0 Å². The Bertz CT molecular complexity index is 4440. The van der Waals surface area contributed by atoms with E-state index in [0.29, 0.717) is 57.1 Å². The first-order valence-corrected chi connectivity index (χ1v) is 47.0. The van der Waals surface area contributed by atoms with Gasteiger partial charge in [-0.15, -0.1) is 0 Å². The number of carbonyl (C=O) groups excluding carboxylic acids is 18. The maximum absolute atomic E-state index is 14.9. The first-order valence-electron chi connectivity index (χ1n) is 47.0. The minimum atomic E-state index is -1.73. The number of rotatable bonds is 38. The third-order valence-corrected chi connectivity index (χ3v) is 27.3. The smallest absolute Gasteiger partial charge is 0.326 e. The minimum absolute atomic E-state index is 0.00250. The molecule has 18 amide bonds. The normalized spacial score (nSPS) is 25.3. The molecule has 736 valence electrons. The maximum Gasteiger partial charge on any atom is 0.326 e. The molecule has 1 aromatic heterocycles. The van der Waals surface area contributed by atoms with Gasteiger partial charge in [-0.25, -0.2) is 9.78 Å². The number of nitrogens with one attached hydrogen (secondary N) is 9. The summed E-state index contributed by atoms with van der Waals surface area (Å²) in [5, 5.41) is 84.8. The van der Waals surface area contributed by atoms with E-state index in [2.05, 4.69) is 52.5 Å². The van der Waals surface area contributed by atoms with E-state index in [1.165, 1.54) is 60.7 Å². The number of likely N-dealkylation sites (tertiary alicyclic amines) is 10. The SMILES string of the molecule is CC(C)C[C@H](NC(=O)[C@@H]1CCCN1C(=O)[C@@H]1CCCN1C(=O)[C@@H](NC(=O)[C@@H]1CCCN1C(=O)[C@@H](NC(=O)[C@@H]1CCCN1C(=O)[C@H](CO)NC(=O)[C@@H]1CCCN1C(=O)[C@H](CO)NC(=O)[C@H](CC(C)C)NC(=O)[C@@H]1CCCN1C(=O)[C@@H]1CCCN1C(=O)[C@@H]1CCCN1C(=O)[C@@H]1CCCN1C(=O)[C@H](CO)NC(=O)[C@H](Cc1cnc[nH]1)NC(=O)[C@@H]1CCCN1C(=O)CN)[C@@H](C)O)[C@@H](C)O)C(=O)O. The van der Waals surface area contributed by atoms with Crippen LogP contribution in [0.25, 0.3) is 0 Å². The van der Waals surface area contributed by atoms with Gasteiger partial charge in [0, 0.05) is 83.8 Å². The first kappa shape index (κ1) is 102. The molecule has 0 aromatic carbocycles. The van der Waals surface area contributed by atoms with Crippen LogP contribution in [0, 0.1) is 11.8 Å². The standard InChI is InChI=1S/C87H133N21O25/c1-46(2)37-51(91-73(118)59-19-10-30-102(59)81(126)64-24-14-34-106(64)84(129)65-25-15-35-107(65)83(128)63-23-13-33-105(63)80(125)55(43-110)95-71(116)52(39-50-41-89-45-90-50)92-72(117)57-17-7-27-99(57)67(114)40-88)70(115)94-54(42-109)78(123)100-28-8-18-58(100)75(120)96-56(44-111)79(124)101-29-9-21-61(101)76(121)97-68(48(5)112)85(130)104-32-12-22-62(104)77(122)98-69(49(6)113)86(131)108-36-16-26-66(108)82(127)103-31-11-20-60(103)74(119)93-53(87(132)133)38-47(3)4/h41,45-49,51-66,68-69,109-113H,7-40,42-44,88H2,1-6H3,(H,89,90)(H,91,118)(H,92,117)(H,93,119)(H,94,115)(H,95,116)(H,96,120)(H,97,121)(H,98,122)(H,132,133)/t48-,49-,51+,52+,53+,54+,55+,56+,57+,58+,59+,60+,61+,62+,63+,64+,65+,66+,68+,69+/m1/s1. The summed E-state index contributed by atoms with van der Waals surface area (Å²) >= 11 is 0. The molecule has 0 spiro atoms. The number of imidazole rings is 1. The van der Waals surface area contributed by atoms with Crippen LogP contribution in [0.2, 0.25) is 0 Å². The molecule has 17 N–H and O–H groups in total. The van der Waals surface area contributed by atoms with Gasteiger partial charge in [0.2, 0.25) is 106 Å². The molecule has 1 aromatic rings. The van der Waals surface area contributed by atoms with Gasteiger partial charge in [-0.05, 0) is 167 Å². The quantitative estimate of drug-likeness (QED) is 0.0292. The molecule has 46 heteroatoms. The average Bonchev–Trinajstić information content (AvgIpc) is 1.63. The number of carbonyl (C=O) groups is 19. The van der Waals surface area contributed by atoms with Crippen LogP contribution in [0.3, 0.4) is 0 Å². The second-order valence-corrected chi connectivity index (χ2v) is 37.4. The monoisotopic (exact) mass is 1870 g/mol. The van der Waals surface area contributed by atoms with Crippen molar-refractivity contribution in [3.63, 3.8) is 0 Å². The Morgan fingerprint density at radius 1 is 0.346 bits per heavy atom. The number of aliphatic hydroxyl groups is 5. The molecule has 0 bridgehead atoms. The van der Waals surface area contributed by atoms with Gasteiger partial charge in [-0.2, -0.15) is 0 Å². The number of carboxylic acids is 1. The zero-order valence-electron chi connectivity index (χ0n) is 76.5. The van der Waals surface area contributed by atoms with Gasteiger partial charge in [0.25, 0.3) is 0 Å². The topological polar surface area (TPSA) is 629 Å². The number of amides is 18. The van der Waals surface area contributed by atoms with E-state index in [1.54, 1.807) is 27.7 Å². The van der Waals surface area contributed by atoms with Crippen molar-refractivity contribution >= 4 is 112 Å². The van der Waals surface area contributed by atoms with Gasteiger partial charge >= 0.3 is 5.97 Å². The fraction of sp³-hybridized carbons (Fsp3) is 0.747. The lowest BCUT2D eigenvalue weighted by Crippen LogP contribution is -2.62. The Hall–Kier alpha value is -11.1. The molecule has 11 heterocycles. The molecule has 0 aliphatic carbocycles. The van der Waals surface area contributed by atoms with Crippen LogP contribution in [0.15, 0.2) is 12.5 Å². The van der Waals surface area contributed by atoms with E-state index < -0.39 is 253 Å². The molecule has 133 heavy (non-hydrogen) atoms. The lowest BCUT2D eigenvalue weighted by atomic mass is 10.0. The fourth-order valence-electron chi connectivity index (χ4n) is 20.5. The number of aromatic nitrogens is 2. The lowest BCUT2D eigenvalue weighted by Gasteiger charge is -2.36. The zero-order chi connectivity index (χ0) is 96.7. The zero-order valence-corrected chi connectivity index (χ0v) is 76.5. The largest absolute Gasteiger partial charge is 0.480 e. The van der Waals surface area contributed by atoms with Crippen molar-refractivity contribution in [2.45, 2.75) is 310 Å². The summed E-state index contributed by atoms with van der Waals surface area (Å²) in [6.45, 7) is 7.10. The van der Waals surface area contributed by atoms with Gasteiger partial charge in [0.1, 0.15) is 109 Å². The third kappa shape index (κ3) is 23.8. The van der Waals surface area contributed by atoms with Crippen LogP contribution in [-0.2, 0) is 97.5 Å². The second kappa shape index (κ2) is 46.2. The fourth-order valence-corrected chi connectivity index (χ4v) is 20.5. The third-order valence-electron chi connectivity index (χ3n) is 27.3. The number of H-pyrrole nitrogens is 1. The highest BCUT2D eigenvalue weighted by molar-refractivity contribution is 6.03. The van der Waals surface area contributed by atoms with E-state index in [-0.39, 0.29) is 180 Å². The Morgan fingerprint density at radius 2 is 0.602 bits per heavy atom. The highest BCUT2D eigenvalue weighted by Crippen LogP contribution is 2.34. The molecule has 10 fully saturated rings.